The van der Waals surface area contributed by atoms with Crippen molar-refractivity contribution in [1.29, 1.82) is 5.26 Å². The quantitative estimate of drug-likeness (QED) is 0.783. The van der Waals surface area contributed by atoms with E-state index in [1.165, 1.54) is 24.8 Å². The predicted octanol–water partition coefficient (Wildman–Crippen LogP) is 2.82. The summed E-state index contributed by atoms with van der Waals surface area (Å²) in [6.45, 7) is 4.16. The molecular weight excluding hydrogens is 234 g/mol. The molecule has 1 aromatic heterocycles. The van der Waals surface area contributed by atoms with Gasteiger partial charge in [0, 0.05) is 5.39 Å². The van der Waals surface area contributed by atoms with Crippen LogP contribution in [-0.2, 0) is 0 Å². The van der Waals surface area contributed by atoms with Crippen LogP contribution in [0.4, 0.5) is 5.82 Å². The summed E-state index contributed by atoms with van der Waals surface area (Å²) in [5.41, 5.74) is 3.07. The van der Waals surface area contributed by atoms with Crippen molar-refractivity contribution < 1.29 is 4.98 Å². The maximum atomic E-state index is 9.38. The van der Waals surface area contributed by atoms with Gasteiger partial charge in [-0.15, -0.1) is 0 Å². The smallest absolute Gasteiger partial charge is 0.261 e. The molecule has 1 saturated heterocycles. The predicted molar refractivity (Wildman–Crippen MR) is 76.0 cm³/mol. The van der Waals surface area contributed by atoms with Crippen LogP contribution in [0.25, 0.3) is 10.9 Å². The third-order valence-electron chi connectivity index (χ3n) is 3.81. The largest absolute Gasteiger partial charge is 0.293 e. The molecule has 3 nitrogen and oxygen atoms in total. The van der Waals surface area contributed by atoms with E-state index in [4.69, 9.17) is 0 Å². The topological polar surface area (TPSA) is 41.2 Å². The lowest BCUT2D eigenvalue weighted by Gasteiger charge is -2.21. The van der Waals surface area contributed by atoms with E-state index >= 15 is 0 Å². The van der Waals surface area contributed by atoms with Crippen molar-refractivity contribution in [3.05, 3.63) is 35.4 Å². The summed E-state index contributed by atoms with van der Waals surface area (Å²) in [5.74, 6) is 0.985. The summed E-state index contributed by atoms with van der Waals surface area (Å²) in [6, 6.07) is 10.7. The maximum absolute atomic E-state index is 9.38. The van der Waals surface area contributed by atoms with Crippen LogP contribution in [0.2, 0.25) is 0 Å². The van der Waals surface area contributed by atoms with Crippen molar-refractivity contribution in [2.75, 3.05) is 18.0 Å². The molecule has 2 heterocycles. The second-order valence-corrected chi connectivity index (χ2v) is 5.28. The fourth-order valence-corrected chi connectivity index (χ4v) is 2.79. The van der Waals surface area contributed by atoms with Crippen molar-refractivity contribution in [2.45, 2.75) is 26.2 Å². The molecule has 3 rings (SSSR count). The summed E-state index contributed by atoms with van der Waals surface area (Å²) in [6.07, 6.45) is 3.72. The van der Waals surface area contributed by atoms with E-state index in [9.17, 15) is 5.26 Å². The molecule has 0 saturated carbocycles. The zero-order chi connectivity index (χ0) is 13.2. The Hall–Kier alpha value is -2.08. The van der Waals surface area contributed by atoms with E-state index in [0.717, 1.165) is 35.4 Å². The summed E-state index contributed by atoms with van der Waals surface area (Å²) in [5, 5.41) is 10.5. The first-order chi connectivity index (χ1) is 9.28. The Kier molecular flexibility index (Phi) is 3.08. The number of aromatic nitrogens is 1. The number of nitrogens with one attached hydrogen (secondary N) is 1. The number of H-pyrrole nitrogens is 1. The Morgan fingerprint density at radius 3 is 2.68 bits per heavy atom. The van der Waals surface area contributed by atoms with Crippen LogP contribution in [0.5, 0.6) is 0 Å². The van der Waals surface area contributed by atoms with Crippen molar-refractivity contribution >= 4 is 16.7 Å². The molecule has 0 amide bonds. The van der Waals surface area contributed by atoms with Crippen LogP contribution in [0.1, 0.15) is 30.4 Å². The summed E-state index contributed by atoms with van der Waals surface area (Å²) < 4.78 is 0. The van der Waals surface area contributed by atoms with E-state index in [1.54, 1.807) is 0 Å². The number of anilines is 1. The molecule has 1 aliphatic rings. The van der Waals surface area contributed by atoms with Crippen LogP contribution in [-0.4, -0.2) is 13.1 Å². The number of nitriles is 1. The first-order valence-corrected chi connectivity index (χ1v) is 6.90. The number of piperidine rings is 1. The molecule has 1 aliphatic heterocycles. The third kappa shape index (κ3) is 2.26. The number of aromatic amines is 1. The number of benzene rings is 1. The molecule has 19 heavy (non-hydrogen) atoms. The van der Waals surface area contributed by atoms with Crippen molar-refractivity contribution in [2.24, 2.45) is 0 Å². The van der Waals surface area contributed by atoms with Gasteiger partial charge in [0.25, 0.3) is 5.82 Å². The Balaban J connectivity index is 2.12. The van der Waals surface area contributed by atoms with E-state index in [0.29, 0.717) is 0 Å². The van der Waals surface area contributed by atoms with Gasteiger partial charge in [-0.25, -0.2) is 4.98 Å². The number of nitrogens with zero attached hydrogens (tertiary/aromatic N) is 2. The number of hydrogen-bond acceptors (Lipinski definition) is 2. The van der Waals surface area contributed by atoms with Gasteiger partial charge in [0.2, 0.25) is 0 Å². The van der Waals surface area contributed by atoms with Gasteiger partial charge in [0.1, 0.15) is 17.1 Å². The molecule has 0 unspecified atom stereocenters. The Labute approximate surface area is 113 Å². The number of hydrogen-bond donors (Lipinski definition) is 0. The first-order valence-electron chi connectivity index (χ1n) is 6.90. The molecule has 1 fully saturated rings. The Morgan fingerprint density at radius 2 is 1.95 bits per heavy atom. The van der Waals surface area contributed by atoms with Gasteiger partial charge in [0.05, 0.1) is 13.1 Å². The highest BCUT2D eigenvalue weighted by Gasteiger charge is 2.23. The highest BCUT2D eigenvalue weighted by molar-refractivity contribution is 5.79. The van der Waals surface area contributed by atoms with E-state index < -0.39 is 0 Å². The van der Waals surface area contributed by atoms with E-state index in [2.05, 4.69) is 41.1 Å². The van der Waals surface area contributed by atoms with Crippen LogP contribution < -0.4 is 9.88 Å². The van der Waals surface area contributed by atoms with Gasteiger partial charge < -0.3 is 0 Å². The van der Waals surface area contributed by atoms with Gasteiger partial charge >= 0.3 is 0 Å². The highest BCUT2D eigenvalue weighted by Crippen LogP contribution is 2.23. The second-order valence-electron chi connectivity index (χ2n) is 5.28. The second kappa shape index (κ2) is 4.89. The van der Waals surface area contributed by atoms with Gasteiger partial charge in [-0.1, -0.05) is 11.6 Å². The molecule has 1 aromatic carbocycles. The molecule has 96 valence electrons. The summed E-state index contributed by atoms with van der Waals surface area (Å²) in [7, 11) is 0. The average molecular weight is 252 g/mol. The third-order valence-corrected chi connectivity index (χ3v) is 3.81. The van der Waals surface area contributed by atoms with Gasteiger partial charge in [-0.05, 0) is 44.4 Å². The minimum atomic E-state index is 0.750. The standard InChI is InChI=1S/C16H17N3/c1-12-5-6-15-13(9-12)10-14(11-17)16(18-15)19-7-3-2-4-8-19/h5-6,9-10H,2-4,7-8H2,1H3/p+1. The lowest BCUT2D eigenvalue weighted by molar-refractivity contribution is -0.331. The fraction of sp³-hybridized carbons (Fsp3) is 0.375. The summed E-state index contributed by atoms with van der Waals surface area (Å²) in [4.78, 5) is 5.75. The summed E-state index contributed by atoms with van der Waals surface area (Å²) >= 11 is 0. The zero-order valence-electron chi connectivity index (χ0n) is 11.2. The monoisotopic (exact) mass is 252 g/mol. The van der Waals surface area contributed by atoms with Gasteiger partial charge in [-0.3, -0.25) is 4.90 Å². The van der Waals surface area contributed by atoms with Crippen molar-refractivity contribution in [3.8, 4) is 6.07 Å². The molecule has 0 spiro atoms. The number of fused-ring (bicyclic) bond motifs is 1. The lowest BCUT2D eigenvalue weighted by atomic mass is 10.1. The normalized spacial score (nSPS) is 15.5. The minimum Gasteiger partial charge on any atom is -0.261 e. The van der Waals surface area contributed by atoms with E-state index in [1.807, 2.05) is 6.07 Å². The van der Waals surface area contributed by atoms with Crippen molar-refractivity contribution in [3.63, 3.8) is 0 Å². The molecule has 2 aromatic rings. The molecule has 0 bridgehead atoms. The van der Waals surface area contributed by atoms with Gasteiger partial charge in [-0.2, -0.15) is 5.26 Å². The lowest BCUT2D eigenvalue weighted by Crippen LogP contribution is -2.35. The molecule has 0 atom stereocenters. The van der Waals surface area contributed by atoms with Crippen LogP contribution in [0.15, 0.2) is 24.3 Å². The zero-order valence-corrected chi connectivity index (χ0v) is 11.2. The van der Waals surface area contributed by atoms with Gasteiger partial charge in [0.15, 0.2) is 0 Å². The maximum Gasteiger partial charge on any atom is 0.293 e. The molecular formula is C16H18N3+. The Bertz CT molecular complexity index is 649. The van der Waals surface area contributed by atoms with Crippen LogP contribution >= 0.6 is 0 Å². The SMILES string of the molecule is Cc1ccc2[nH+]c(N3CCCCC3)c(C#N)cc2c1. The van der Waals surface area contributed by atoms with Crippen molar-refractivity contribution in [1.82, 2.24) is 0 Å². The van der Waals surface area contributed by atoms with E-state index in [-0.39, 0.29) is 0 Å². The molecule has 1 N–H and O–H groups in total. The number of rotatable bonds is 1. The molecule has 3 heteroatoms. The average Bonchev–Trinajstić information content (AvgIpc) is 2.46. The number of pyridine rings is 1. The molecule has 0 radical (unpaired) electrons. The first kappa shape index (κ1) is 12.0. The fourth-order valence-electron chi connectivity index (χ4n) is 2.79. The number of aryl methyl sites for hydroxylation is 1. The highest BCUT2D eigenvalue weighted by atomic mass is 15.2. The Morgan fingerprint density at radius 1 is 1.16 bits per heavy atom. The molecule has 0 aliphatic carbocycles. The van der Waals surface area contributed by atoms with Crippen LogP contribution in [0, 0.1) is 18.3 Å². The minimum absolute atomic E-state index is 0.750. The van der Waals surface area contributed by atoms with Crippen LogP contribution in [0.3, 0.4) is 0 Å².